The second-order valence-electron chi connectivity index (χ2n) is 8.65. The number of rotatable bonds is 12. The Labute approximate surface area is 215 Å². The summed E-state index contributed by atoms with van der Waals surface area (Å²) in [6.07, 6.45) is 3.71. The highest BCUT2D eigenvalue weighted by molar-refractivity contribution is 5.94. The second kappa shape index (κ2) is 13.6. The summed E-state index contributed by atoms with van der Waals surface area (Å²) in [5.41, 5.74) is 2.36. The van der Waals surface area contributed by atoms with E-state index in [0.29, 0.717) is 5.69 Å². The van der Waals surface area contributed by atoms with Crippen molar-refractivity contribution in [1.29, 1.82) is 0 Å². The molecule has 3 atom stereocenters. The van der Waals surface area contributed by atoms with Crippen LogP contribution in [-0.2, 0) is 38.4 Å². The van der Waals surface area contributed by atoms with E-state index in [9.17, 15) is 19.2 Å². The summed E-state index contributed by atoms with van der Waals surface area (Å²) < 4.78 is 0. The van der Waals surface area contributed by atoms with Gasteiger partial charge in [-0.2, -0.15) is 0 Å². The predicted octanol–water partition coefficient (Wildman–Crippen LogP) is 0.658. The minimum atomic E-state index is -0.990. The van der Waals surface area contributed by atoms with Crippen LogP contribution in [-0.4, -0.2) is 58.8 Å². The van der Waals surface area contributed by atoms with Crippen molar-refractivity contribution < 1.29 is 19.2 Å². The maximum atomic E-state index is 13.4. The van der Waals surface area contributed by atoms with Gasteiger partial charge in [-0.05, 0) is 11.1 Å². The number of carbonyl (C=O) groups is 4. The van der Waals surface area contributed by atoms with E-state index < -0.39 is 29.9 Å². The van der Waals surface area contributed by atoms with E-state index in [1.807, 2.05) is 60.7 Å². The monoisotopic (exact) mass is 504 g/mol. The lowest BCUT2D eigenvalue weighted by molar-refractivity contribution is -0.133. The number of benzene rings is 2. The highest BCUT2D eigenvalue weighted by Crippen LogP contribution is 2.08. The first-order valence-corrected chi connectivity index (χ1v) is 12.0. The molecular weight excluding hydrogens is 472 g/mol. The molecule has 0 saturated carbocycles. The number of hydrogen-bond donors (Lipinski definition) is 5. The molecule has 0 fully saturated rings. The number of likely N-dealkylation sites (N-methyl/N-ethyl adjacent to an activating group) is 1. The zero-order chi connectivity index (χ0) is 26.6. The van der Waals surface area contributed by atoms with Crippen molar-refractivity contribution in [3.05, 3.63) is 90.0 Å². The fourth-order valence-electron chi connectivity index (χ4n) is 3.91. The number of aromatic amines is 1. The quantitative estimate of drug-likeness (QED) is 0.246. The van der Waals surface area contributed by atoms with Gasteiger partial charge in [-0.1, -0.05) is 60.7 Å². The molecule has 0 bridgehead atoms. The number of imidazole rings is 1. The van der Waals surface area contributed by atoms with E-state index in [2.05, 4.69) is 31.2 Å². The van der Waals surface area contributed by atoms with Crippen LogP contribution >= 0.6 is 0 Å². The Hall–Kier alpha value is -4.47. The van der Waals surface area contributed by atoms with Gasteiger partial charge >= 0.3 is 0 Å². The second-order valence-corrected chi connectivity index (χ2v) is 8.65. The highest BCUT2D eigenvalue weighted by Gasteiger charge is 2.29. The fourth-order valence-corrected chi connectivity index (χ4v) is 3.91. The number of nitrogens with zero attached hydrogens (tertiary/aromatic N) is 1. The number of hydrogen-bond acceptors (Lipinski definition) is 5. The number of H-pyrrole nitrogens is 1. The van der Waals surface area contributed by atoms with Gasteiger partial charge in [0, 0.05) is 45.1 Å². The standard InChI is InChI=1S/C27H32N6O4/c1-18(34)31-22(13-19-9-5-3-6-10-19)26(36)32-23(14-20-11-7-4-8-12-20)27(37)33-24(25(35)28-2)15-21-16-29-17-30-21/h3-12,16-17,22-24H,13-15H2,1-2H3,(H,28,35)(H,29,30)(H,31,34)(H,32,36)(H,33,37)/t22-,23-,24-/m0/s1. The van der Waals surface area contributed by atoms with Crippen molar-refractivity contribution in [2.24, 2.45) is 0 Å². The average molecular weight is 505 g/mol. The van der Waals surface area contributed by atoms with Gasteiger partial charge in [0.15, 0.2) is 0 Å². The zero-order valence-electron chi connectivity index (χ0n) is 20.9. The maximum absolute atomic E-state index is 13.4. The van der Waals surface area contributed by atoms with Gasteiger partial charge in [0.25, 0.3) is 0 Å². The maximum Gasteiger partial charge on any atom is 0.243 e. The molecule has 37 heavy (non-hydrogen) atoms. The summed E-state index contributed by atoms with van der Waals surface area (Å²) in [6.45, 7) is 1.34. The summed E-state index contributed by atoms with van der Waals surface area (Å²) >= 11 is 0. The highest BCUT2D eigenvalue weighted by atomic mass is 16.2. The van der Waals surface area contributed by atoms with Crippen LogP contribution < -0.4 is 21.3 Å². The molecule has 0 unspecified atom stereocenters. The molecule has 2 aromatic carbocycles. The van der Waals surface area contributed by atoms with Crippen LogP contribution in [0.1, 0.15) is 23.7 Å². The smallest absolute Gasteiger partial charge is 0.243 e. The van der Waals surface area contributed by atoms with Gasteiger partial charge in [0.05, 0.1) is 6.33 Å². The molecule has 10 nitrogen and oxygen atoms in total. The molecule has 0 aliphatic heterocycles. The molecule has 194 valence electrons. The minimum Gasteiger partial charge on any atom is -0.357 e. The number of amides is 4. The first-order chi connectivity index (χ1) is 17.9. The Balaban J connectivity index is 1.80. The van der Waals surface area contributed by atoms with E-state index in [1.54, 1.807) is 6.20 Å². The predicted molar refractivity (Wildman–Crippen MR) is 138 cm³/mol. The largest absolute Gasteiger partial charge is 0.357 e. The average Bonchev–Trinajstić information content (AvgIpc) is 3.41. The Morgan fingerprint density at radius 1 is 0.730 bits per heavy atom. The summed E-state index contributed by atoms with van der Waals surface area (Å²) in [7, 11) is 1.49. The molecule has 0 aliphatic rings. The van der Waals surface area contributed by atoms with Crippen molar-refractivity contribution in [1.82, 2.24) is 31.2 Å². The third-order valence-electron chi connectivity index (χ3n) is 5.75. The van der Waals surface area contributed by atoms with Crippen LogP contribution in [0.4, 0.5) is 0 Å². The van der Waals surface area contributed by atoms with Crippen LogP contribution in [0.3, 0.4) is 0 Å². The van der Waals surface area contributed by atoms with Crippen molar-refractivity contribution in [3.8, 4) is 0 Å². The summed E-state index contributed by atoms with van der Waals surface area (Å²) in [5.74, 6) is -1.76. The lowest BCUT2D eigenvalue weighted by atomic mass is 10.0. The normalized spacial score (nSPS) is 13.0. The van der Waals surface area contributed by atoms with E-state index in [-0.39, 0.29) is 31.1 Å². The molecule has 1 aromatic heterocycles. The molecule has 3 aromatic rings. The van der Waals surface area contributed by atoms with Crippen LogP contribution in [0.15, 0.2) is 73.2 Å². The molecule has 5 N–H and O–H groups in total. The number of aromatic nitrogens is 2. The van der Waals surface area contributed by atoms with E-state index in [0.717, 1.165) is 11.1 Å². The van der Waals surface area contributed by atoms with Gasteiger partial charge in [-0.3, -0.25) is 19.2 Å². The molecule has 3 rings (SSSR count). The zero-order valence-corrected chi connectivity index (χ0v) is 20.9. The summed E-state index contributed by atoms with van der Waals surface area (Å²) in [4.78, 5) is 58.0. The van der Waals surface area contributed by atoms with Crippen LogP contribution in [0.25, 0.3) is 0 Å². The first-order valence-electron chi connectivity index (χ1n) is 12.0. The lowest BCUT2D eigenvalue weighted by Gasteiger charge is -2.25. The molecule has 0 spiro atoms. The van der Waals surface area contributed by atoms with Gasteiger partial charge in [0.2, 0.25) is 23.6 Å². The SMILES string of the molecule is CNC(=O)[C@H](Cc1cnc[nH]1)NC(=O)[C@H](Cc1ccccc1)NC(=O)[C@H](Cc1ccccc1)NC(C)=O. The minimum absolute atomic E-state index is 0.194. The van der Waals surface area contributed by atoms with Crippen LogP contribution in [0.2, 0.25) is 0 Å². The molecular formula is C27H32N6O4. The van der Waals surface area contributed by atoms with Crippen molar-refractivity contribution in [3.63, 3.8) is 0 Å². The van der Waals surface area contributed by atoms with E-state index >= 15 is 0 Å². The molecule has 0 aliphatic carbocycles. The Morgan fingerprint density at radius 2 is 1.22 bits per heavy atom. The van der Waals surface area contributed by atoms with E-state index in [4.69, 9.17) is 0 Å². The number of nitrogens with one attached hydrogen (secondary N) is 5. The Kier molecular flexibility index (Phi) is 9.95. The third-order valence-corrected chi connectivity index (χ3v) is 5.75. The van der Waals surface area contributed by atoms with Crippen LogP contribution in [0, 0.1) is 0 Å². The molecule has 10 heteroatoms. The molecule has 0 saturated heterocycles. The van der Waals surface area contributed by atoms with Gasteiger partial charge in [-0.25, -0.2) is 4.98 Å². The fraction of sp³-hybridized carbons (Fsp3) is 0.296. The van der Waals surface area contributed by atoms with E-state index in [1.165, 1.54) is 20.3 Å². The number of carbonyl (C=O) groups excluding carboxylic acids is 4. The van der Waals surface area contributed by atoms with Crippen molar-refractivity contribution in [2.75, 3.05) is 7.05 Å². The first kappa shape index (κ1) is 27.1. The molecule has 4 amide bonds. The lowest BCUT2D eigenvalue weighted by Crippen LogP contribution is -2.57. The van der Waals surface area contributed by atoms with Gasteiger partial charge in [0.1, 0.15) is 18.1 Å². The Bertz CT molecular complexity index is 1170. The molecule has 0 radical (unpaired) electrons. The van der Waals surface area contributed by atoms with Crippen molar-refractivity contribution >= 4 is 23.6 Å². The van der Waals surface area contributed by atoms with Gasteiger partial charge in [-0.15, -0.1) is 0 Å². The van der Waals surface area contributed by atoms with Crippen LogP contribution in [0.5, 0.6) is 0 Å². The summed E-state index contributed by atoms with van der Waals surface area (Å²) in [6, 6.07) is 15.8. The van der Waals surface area contributed by atoms with Crippen molar-refractivity contribution in [2.45, 2.75) is 44.3 Å². The Morgan fingerprint density at radius 3 is 1.65 bits per heavy atom. The van der Waals surface area contributed by atoms with Gasteiger partial charge < -0.3 is 26.3 Å². The summed E-state index contributed by atoms with van der Waals surface area (Å²) in [5, 5.41) is 10.8. The topological polar surface area (TPSA) is 145 Å². The third kappa shape index (κ3) is 8.60. The molecule has 1 heterocycles.